The zero-order chi connectivity index (χ0) is 21.2. The summed E-state index contributed by atoms with van der Waals surface area (Å²) in [5.41, 5.74) is 1.36. The van der Waals surface area contributed by atoms with E-state index in [1.54, 1.807) is 24.5 Å². The molecule has 0 aliphatic heterocycles. The molecule has 12 heteroatoms. The Hall–Kier alpha value is -2.73. The maximum absolute atomic E-state index is 12.0. The van der Waals surface area contributed by atoms with Crippen LogP contribution in [0.25, 0.3) is 11.0 Å². The van der Waals surface area contributed by atoms with Gasteiger partial charge in [-0.1, -0.05) is 13.3 Å². The predicted molar refractivity (Wildman–Crippen MR) is 112 cm³/mol. The summed E-state index contributed by atoms with van der Waals surface area (Å²) in [5, 5.41) is 7.55. The monoisotopic (exact) mass is 438 g/mol. The fourth-order valence-corrected chi connectivity index (χ4v) is 5.88. The Morgan fingerprint density at radius 2 is 1.59 bits per heavy atom. The molecule has 0 unspecified atom stereocenters. The van der Waals surface area contributed by atoms with E-state index in [0.717, 1.165) is 30.7 Å². The standard InChI is InChI=1S/C17H22N6O4S2/c1-4-5-10-22(17-18-11-13-12-19-21-16(13)20-17)14-6-8-15(9-7-14)23(28(2,24)25)29(3,26)27/h6-9,11-12H,4-5,10H2,1-3H3,(H,18,19,20,21). The molecule has 2 aromatic heterocycles. The van der Waals surface area contributed by atoms with Gasteiger partial charge in [-0.3, -0.25) is 5.10 Å². The molecule has 0 aliphatic rings. The molecule has 0 fully saturated rings. The van der Waals surface area contributed by atoms with Crippen LogP contribution in [-0.4, -0.2) is 56.1 Å². The van der Waals surface area contributed by atoms with Gasteiger partial charge in [-0.05, 0) is 30.7 Å². The number of sulfonamides is 2. The largest absolute Gasteiger partial charge is 0.310 e. The third-order valence-electron chi connectivity index (χ3n) is 4.13. The summed E-state index contributed by atoms with van der Waals surface area (Å²) in [6, 6.07) is 6.19. The lowest BCUT2D eigenvalue weighted by Gasteiger charge is -2.24. The van der Waals surface area contributed by atoms with Crippen molar-refractivity contribution in [2.45, 2.75) is 19.8 Å². The molecule has 0 spiro atoms. The van der Waals surface area contributed by atoms with Crippen LogP contribution >= 0.6 is 0 Å². The third kappa shape index (κ3) is 4.65. The number of H-pyrrole nitrogens is 1. The van der Waals surface area contributed by atoms with E-state index < -0.39 is 20.0 Å². The smallest absolute Gasteiger partial charge is 0.245 e. The minimum absolute atomic E-state index is 0.0409. The highest BCUT2D eigenvalue weighted by atomic mass is 32.3. The van der Waals surface area contributed by atoms with Crippen LogP contribution in [0, 0.1) is 0 Å². The van der Waals surface area contributed by atoms with E-state index in [-0.39, 0.29) is 5.69 Å². The predicted octanol–water partition coefficient (Wildman–Crippen LogP) is 2.02. The molecule has 1 N–H and O–H groups in total. The van der Waals surface area contributed by atoms with Gasteiger partial charge in [-0.2, -0.15) is 13.8 Å². The Bertz CT molecular complexity index is 1170. The molecular weight excluding hydrogens is 416 g/mol. The van der Waals surface area contributed by atoms with E-state index in [4.69, 9.17) is 0 Å². The third-order valence-corrected chi connectivity index (χ3v) is 7.38. The van der Waals surface area contributed by atoms with Crippen LogP contribution < -0.4 is 8.61 Å². The average molecular weight is 439 g/mol. The highest BCUT2D eigenvalue weighted by molar-refractivity contribution is 8.09. The molecule has 0 saturated heterocycles. The summed E-state index contributed by atoms with van der Waals surface area (Å²) in [4.78, 5) is 10.8. The van der Waals surface area contributed by atoms with E-state index in [2.05, 4.69) is 27.1 Å². The van der Waals surface area contributed by atoms with Gasteiger partial charge in [0.05, 0.1) is 29.8 Å². The molecule has 2 heterocycles. The molecule has 0 saturated carbocycles. The number of aromatic nitrogens is 4. The number of nitrogens with one attached hydrogen (secondary N) is 1. The van der Waals surface area contributed by atoms with Gasteiger partial charge in [0.1, 0.15) is 0 Å². The van der Waals surface area contributed by atoms with Gasteiger partial charge in [-0.15, -0.1) is 0 Å². The van der Waals surface area contributed by atoms with Gasteiger partial charge in [-0.25, -0.2) is 21.8 Å². The van der Waals surface area contributed by atoms with Crippen molar-refractivity contribution in [1.29, 1.82) is 0 Å². The molecule has 0 atom stereocenters. The van der Waals surface area contributed by atoms with Crippen molar-refractivity contribution in [3.8, 4) is 0 Å². The SMILES string of the molecule is CCCCN(c1ccc(N(S(C)(=O)=O)S(C)(=O)=O)cc1)c1ncc2cn[nH]c2n1. The number of rotatable bonds is 8. The Kier molecular flexibility index (Phi) is 5.75. The second-order valence-electron chi connectivity index (χ2n) is 6.59. The second-order valence-corrected chi connectivity index (χ2v) is 10.5. The summed E-state index contributed by atoms with van der Waals surface area (Å²) in [6.07, 6.45) is 6.84. The van der Waals surface area contributed by atoms with E-state index in [0.29, 0.717) is 27.5 Å². The molecule has 0 bridgehead atoms. The van der Waals surface area contributed by atoms with Crippen molar-refractivity contribution in [2.24, 2.45) is 0 Å². The zero-order valence-corrected chi connectivity index (χ0v) is 17.9. The van der Waals surface area contributed by atoms with Crippen molar-refractivity contribution < 1.29 is 16.8 Å². The van der Waals surface area contributed by atoms with Gasteiger partial charge < -0.3 is 4.90 Å². The molecule has 3 aromatic rings. The van der Waals surface area contributed by atoms with E-state index >= 15 is 0 Å². The van der Waals surface area contributed by atoms with Gasteiger partial charge in [0.25, 0.3) is 0 Å². The van der Waals surface area contributed by atoms with Gasteiger partial charge in [0, 0.05) is 18.4 Å². The Balaban J connectivity index is 2.01. The molecule has 10 nitrogen and oxygen atoms in total. The van der Waals surface area contributed by atoms with Gasteiger partial charge >= 0.3 is 0 Å². The number of nitrogens with zero attached hydrogens (tertiary/aromatic N) is 5. The van der Waals surface area contributed by atoms with Crippen molar-refractivity contribution in [3.63, 3.8) is 0 Å². The van der Waals surface area contributed by atoms with E-state index in [1.165, 1.54) is 12.1 Å². The number of hydrogen-bond acceptors (Lipinski definition) is 8. The Labute approximate surface area is 169 Å². The van der Waals surface area contributed by atoms with Crippen LogP contribution in [0.4, 0.5) is 17.3 Å². The summed E-state index contributed by atoms with van der Waals surface area (Å²) in [6.45, 7) is 2.70. The fraction of sp³-hybridized carbons (Fsp3) is 0.353. The summed E-state index contributed by atoms with van der Waals surface area (Å²) < 4.78 is 48.3. The van der Waals surface area contributed by atoms with Crippen LogP contribution in [-0.2, 0) is 20.0 Å². The Morgan fingerprint density at radius 3 is 2.17 bits per heavy atom. The molecule has 156 valence electrons. The van der Waals surface area contributed by atoms with Crippen molar-refractivity contribution in [3.05, 3.63) is 36.7 Å². The van der Waals surface area contributed by atoms with Gasteiger partial charge in [0.2, 0.25) is 26.0 Å². The highest BCUT2D eigenvalue weighted by Gasteiger charge is 2.27. The van der Waals surface area contributed by atoms with Crippen LogP contribution in [0.5, 0.6) is 0 Å². The second kappa shape index (κ2) is 7.95. The number of aromatic amines is 1. The number of fused-ring (bicyclic) bond motifs is 1. The minimum atomic E-state index is -4.00. The number of anilines is 3. The molecule has 0 aliphatic carbocycles. The Morgan fingerprint density at radius 1 is 0.966 bits per heavy atom. The lowest BCUT2D eigenvalue weighted by atomic mass is 10.2. The molecule has 0 radical (unpaired) electrons. The lowest BCUT2D eigenvalue weighted by Crippen LogP contribution is -2.35. The maximum Gasteiger partial charge on any atom is 0.245 e. The molecule has 0 amide bonds. The number of hydrogen-bond donors (Lipinski definition) is 1. The summed E-state index contributed by atoms with van der Waals surface area (Å²) in [7, 11) is -7.99. The molecule has 3 rings (SSSR count). The first kappa shape index (κ1) is 21.0. The number of benzene rings is 1. The van der Waals surface area contributed by atoms with Crippen LogP contribution in [0.1, 0.15) is 19.8 Å². The van der Waals surface area contributed by atoms with E-state index in [1.807, 2.05) is 4.90 Å². The van der Waals surface area contributed by atoms with Crippen molar-refractivity contribution in [1.82, 2.24) is 20.2 Å². The van der Waals surface area contributed by atoms with Crippen LogP contribution in [0.2, 0.25) is 0 Å². The van der Waals surface area contributed by atoms with Gasteiger partial charge in [0.15, 0.2) is 5.65 Å². The minimum Gasteiger partial charge on any atom is -0.310 e. The molecular formula is C17H22N6O4S2. The fourth-order valence-electron chi connectivity index (χ4n) is 2.90. The van der Waals surface area contributed by atoms with Crippen LogP contribution in [0.3, 0.4) is 0 Å². The first-order valence-electron chi connectivity index (χ1n) is 8.85. The quantitative estimate of drug-likeness (QED) is 0.565. The van der Waals surface area contributed by atoms with E-state index in [9.17, 15) is 16.8 Å². The highest BCUT2D eigenvalue weighted by Crippen LogP contribution is 2.28. The molecule has 1 aromatic carbocycles. The van der Waals surface area contributed by atoms with Crippen molar-refractivity contribution >= 4 is 48.4 Å². The molecule has 29 heavy (non-hydrogen) atoms. The average Bonchev–Trinajstić information content (AvgIpc) is 3.09. The van der Waals surface area contributed by atoms with Crippen LogP contribution in [0.15, 0.2) is 36.7 Å². The lowest BCUT2D eigenvalue weighted by molar-refractivity contribution is 0.590. The zero-order valence-electron chi connectivity index (χ0n) is 16.3. The summed E-state index contributed by atoms with van der Waals surface area (Å²) >= 11 is 0. The first-order chi connectivity index (χ1) is 13.6. The summed E-state index contributed by atoms with van der Waals surface area (Å²) in [5.74, 6) is 0.464. The first-order valence-corrected chi connectivity index (χ1v) is 12.5. The van der Waals surface area contributed by atoms with Crippen molar-refractivity contribution in [2.75, 3.05) is 27.7 Å². The topological polar surface area (TPSA) is 129 Å². The number of unbranched alkanes of at least 4 members (excludes halogenated alkanes) is 1. The maximum atomic E-state index is 12.0. The normalized spacial score (nSPS) is 12.2.